The minimum absolute atomic E-state index is 0.0288. The van der Waals surface area contributed by atoms with Crippen LogP contribution in [0.3, 0.4) is 0 Å². The number of fused-ring (bicyclic) bond motifs is 1. The Labute approximate surface area is 160 Å². The molecule has 28 heavy (non-hydrogen) atoms. The van der Waals surface area contributed by atoms with Crippen LogP contribution in [0.1, 0.15) is 23.7 Å². The van der Waals surface area contributed by atoms with E-state index in [-0.39, 0.29) is 17.6 Å². The molecule has 140 valence electrons. The molecule has 2 aromatic heterocycles. The Bertz CT molecular complexity index is 1200. The Balaban J connectivity index is 1.41. The van der Waals surface area contributed by atoms with Gasteiger partial charge in [0.05, 0.1) is 0 Å². The number of H-pyrrole nitrogens is 1. The number of hydrogen-bond acceptors (Lipinski definition) is 4. The normalized spacial score (nSPS) is 17.0. The number of aryl methyl sites for hydroxylation is 1. The van der Waals surface area contributed by atoms with Gasteiger partial charge in [-0.3, -0.25) is 4.79 Å². The van der Waals surface area contributed by atoms with E-state index in [1.165, 1.54) is 12.1 Å². The lowest BCUT2D eigenvalue weighted by molar-refractivity contribution is -0.117. The van der Waals surface area contributed by atoms with Crippen LogP contribution in [0, 0.1) is 12.7 Å². The summed E-state index contributed by atoms with van der Waals surface area (Å²) in [6.07, 6.45) is 2.18. The highest BCUT2D eigenvalue weighted by molar-refractivity contribution is 5.97. The monoisotopic (exact) mass is 376 g/mol. The van der Waals surface area contributed by atoms with Crippen LogP contribution in [-0.2, 0) is 4.79 Å². The van der Waals surface area contributed by atoms with E-state index in [1.54, 1.807) is 17.9 Å². The number of anilines is 1. The molecule has 0 saturated carbocycles. The summed E-state index contributed by atoms with van der Waals surface area (Å²) in [6, 6.07) is 12.3. The predicted molar refractivity (Wildman–Crippen MR) is 102 cm³/mol. The van der Waals surface area contributed by atoms with Gasteiger partial charge in [-0.25, -0.2) is 4.39 Å². The van der Waals surface area contributed by atoms with E-state index in [0.717, 1.165) is 27.7 Å². The van der Waals surface area contributed by atoms with Crippen molar-refractivity contribution < 1.29 is 13.7 Å². The van der Waals surface area contributed by atoms with Gasteiger partial charge in [-0.2, -0.15) is 4.98 Å². The third kappa shape index (κ3) is 2.76. The Kier molecular flexibility index (Phi) is 3.75. The Morgan fingerprint density at radius 1 is 1.21 bits per heavy atom. The van der Waals surface area contributed by atoms with Gasteiger partial charge in [-0.05, 0) is 54.3 Å². The summed E-state index contributed by atoms with van der Waals surface area (Å²) in [5.41, 5.74) is 3.26. The molecular weight excluding hydrogens is 359 g/mol. The predicted octanol–water partition coefficient (Wildman–Crippen LogP) is 4.19. The second-order valence-corrected chi connectivity index (χ2v) is 7.07. The standard InChI is InChI=1S/C21H17FN4O2/c1-12-8-16(22)4-5-18(12)26-11-15(10-19(26)27)20-24-21(28-25-20)14-3-2-13-6-7-23-17(13)9-14/h2-9,15,23H,10-11H2,1H3. The zero-order valence-electron chi connectivity index (χ0n) is 15.1. The maximum absolute atomic E-state index is 13.4. The Morgan fingerprint density at radius 2 is 2.11 bits per heavy atom. The van der Waals surface area contributed by atoms with E-state index >= 15 is 0 Å². The van der Waals surface area contributed by atoms with E-state index in [9.17, 15) is 9.18 Å². The lowest BCUT2D eigenvalue weighted by Crippen LogP contribution is -2.25. The molecule has 1 aliphatic heterocycles. The third-order valence-corrected chi connectivity index (χ3v) is 5.18. The van der Waals surface area contributed by atoms with E-state index in [4.69, 9.17) is 4.52 Å². The van der Waals surface area contributed by atoms with Gasteiger partial charge in [0.1, 0.15) is 5.82 Å². The quantitative estimate of drug-likeness (QED) is 0.582. The number of nitrogens with one attached hydrogen (secondary N) is 1. The number of halogens is 1. The van der Waals surface area contributed by atoms with Crippen LogP contribution in [0.4, 0.5) is 10.1 Å². The fourth-order valence-electron chi connectivity index (χ4n) is 3.73. The number of hydrogen-bond donors (Lipinski definition) is 1. The van der Waals surface area contributed by atoms with Crippen LogP contribution in [0.2, 0.25) is 0 Å². The second kappa shape index (κ2) is 6.30. The molecule has 0 radical (unpaired) electrons. The fraction of sp³-hybridized carbons (Fsp3) is 0.190. The number of rotatable bonds is 3. The molecule has 0 spiro atoms. The maximum atomic E-state index is 13.4. The zero-order chi connectivity index (χ0) is 19.3. The van der Waals surface area contributed by atoms with E-state index in [1.807, 2.05) is 30.5 Å². The molecule has 4 aromatic rings. The van der Waals surface area contributed by atoms with Crippen molar-refractivity contribution in [1.29, 1.82) is 0 Å². The molecule has 6 nitrogen and oxygen atoms in total. The second-order valence-electron chi connectivity index (χ2n) is 7.07. The summed E-state index contributed by atoms with van der Waals surface area (Å²) in [4.78, 5) is 21.9. The lowest BCUT2D eigenvalue weighted by atomic mass is 10.1. The Hall–Kier alpha value is -3.48. The van der Waals surface area contributed by atoms with Crippen LogP contribution in [-0.4, -0.2) is 27.6 Å². The van der Waals surface area contributed by atoms with Gasteiger partial charge < -0.3 is 14.4 Å². The highest BCUT2D eigenvalue weighted by Crippen LogP contribution is 2.33. The molecular formula is C21H17FN4O2. The van der Waals surface area contributed by atoms with Crippen LogP contribution >= 0.6 is 0 Å². The number of aromatic amines is 1. The molecule has 5 rings (SSSR count). The molecule has 0 aliphatic carbocycles. The summed E-state index contributed by atoms with van der Waals surface area (Å²) in [5, 5.41) is 5.21. The molecule has 0 bridgehead atoms. The van der Waals surface area contributed by atoms with E-state index in [0.29, 0.717) is 24.7 Å². The van der Waals surface area contributed by atoms with Crippen LogP contribution in [0.5, 0.6) is 0 Å². The molecule has 3 heterocycles. The molecule has 1 atom stereocenters. The molecule has 1 aliphatic rings. The lowest BCUT2D eigenvalue weighted by Gasteiger charge is -2.18. The fourth-order valence-corrected chi connectivity index (χ4v) is 3.73. The van der Waals surface area contributed by atoms with Gasteiger partial charge in [0.25, 0.3) is 5.89 Å². The number of carbonyl (C=O) groups excluding carboxylic acids is 1. The van der Waals surface area contributed by atoms with Crippen molar-refractivity contribution in [2.75, 3.05) is 11.4 Å². The van der Waals surface area contributed by atoms with Crippen LogP contribution in [0.15, 0.2) is 53.2 Å². The van der Waals surface area contributed by atoms with Crippen LogP contribution < -0.4 is 4.90 Å². The molecule has 1 N–H and O–H groups in total. The van der Waals surface area contributed by atoms with E-state index in [2.05, 4.69) is 15.1 Å². The molecule has 1 unspecified atom stereocenters. The molecule has 1 fully saturated rings. The number of carbonyl (C=O) groups is 1. The first kappa shape index (κ1) is 16.7. The third-order valence-electron chi connectivity index (χ3n) is 5.18. The average Bonchev–Trinajstić information content (AvgIpc) is 3.40. The summed E-state index contributed by atoms with van der Waals surface area (Å²) >= 11 is 0. The first-order valence-electron chi connectivity index (χ1n) is 9.06. The van der Waals surface area contributed by atoms with Gasteiger partial charge in [0, 0.05) is 41.8 Å². The highest BCUT2D eigenvalue weighted by atomic mass is 19.1. The van der Waals surface area contributed by atoms with Crippen molar-refractivity contribution in [3.63, 3.8) is 0 Å². The summed E-state index contributed by atoms with van der Waals surface area (Å²) < 4.78 is 18.8. The van der Waals surface area contributed by atoms with Crippen molar-refractivity contribution in [3.8, 4) is 11.5 Å². The molecule has 2 aromatic carbocycles. The largest absolute Gasteiger partial charge is 0.361 e. The van der Waals surface area contributed by atoms with Gasteiger partial charge in [0.2, 0.25) is 5.91 Å². The van der Waals surface area contributed by atoms with Crippen LogP contribution in [0.25, 0.3) is 22.4 Å². The van der Waals surface area contributed by atoms with Crippen molar-refractivity contribution >= 4 is 22.5 Å². The first-order chi connectivity index (χ1) is 13.6. The molecule has 7 heteroatoms. The van der Waals surface area contributed by atoms with Gasteiger partial charge in [0.15, 0.2) is 5.82 Å². The average molecular weight is 376 g/mol. The minimum atomic E-state index is -0.314. The van der Waals surface area contributed by atoms with Gasteiger partial charge in [-0.1, -0.05) is 11.2 Å². The molecule has 1 saturated heterocycles. The highest BCUT2D eigenvalue weighted by Gasteiger charge is 2.35. The summed E-state index contributed by atoms with van der Waals surface area (Å²) in [5.74, 6) is 0.432. The van der Waals surface area contributed by atoms with Gasteiger partial charge >= 0.3 is 0 Å². The Morgan fingerprint density at radius 3 is 2.96 bits per heavy atom. The van der Waals surface area contributed by atoms with Gasteiger partial charge in [-0.15, -0.1) is 0 Å². The summed E-state index contributed by atoms with van der Waals surface area (Å²) in [6.45, 7) is 2.24. The first-order valence-corrected chi connectivity index (χ1v) is 9.06. The van der Waals surface area contributed by atoms with Crippen molar-refractivity contribution in [2.24, 2.45) is 0 Å². The SMILES string of the molecule is Cc1cc(F)ccc1N1CC(c2noc(-c3ccc4cc[nH]c4c3)n2)CC1=O. The number of amides is 1. The smallest absolute Gasteiger partial charge is 0.258 e. The number of nitrogens with zero attached hydrogens (tertiary/aromatic N) is 3. The number of aromatic nitrogens is 3. The summed E-state index contributed by atoms with van der Waals surface area (Å²) in [7, 11) is 0. The van der Waals surface area contributed by atoms with Crippen molar-refractivity contribution in [1.82, 2.24) is 15.1 Å². The topological polar surface area (TPSA) is 75.0 Å². The zero-order valence-corrected chi connectivity index (χ0v) is 15.1. The number of benzene rings is 2. The van der Waals surface area contributed by atoms with Crippen molar-refractivity contribution in [3.05, 3.63) is 65.9 Å². The molecule has 1 amide bonds. The van der Waals surface area contributed by atoms with Crippen molar-refractivity contribution in [2.45, 2.75) is 19.3 Å². The minimum Gasteiger partial charge on any atom is -0.361 e. The maximum Gasteiger partial charge on any atom is 0.258 e. The van der Waals surface area contributed by atoms with E-state index < -0.39 is 0 Å².